The van der Waals surface area contributed by atoms with Gasteiger partial charge in [0.2, 0.25) is 5.78 Å². The van der Waals surface area contributed by atoms with E-state index in [1.807, 2.05) is 53.8 Å². The van der Waals surface area contributed by atoms with Crippen LogP contribution in [0.15, 0.2) is 52.4 Å². The summed E-state index contributed by atoms with van der Waals surface area (Å²) in [5.41, 5.74) is 2.99. The lowest BCUT2D eigenvalue weighted by atomic mass is 10.1. The highest BCUT2D eigenvalue weighted by Gasteiger charge is 2.17. The monoisotopic (exact) mass is 412 g/mol. The lowest BCUT2D eigenvalue weighted by Gasteiger charge is -2.13. The number of nitrogens with zero attached hydrogens (tertiary/aromatic N) is 4. The third kappa shape index (κ3) is 3.54. The van der Waals surface area contributed by atoms with Crippen molar-refractivity contribution in [1.29, 1.82) is 0 Å². The Morgan fingerprint density at radius 3 is 2.71 bits per heavy atom. The Labute approximate surface area is 172 Å². The van der Waals surface area contributed by atoms with Crippen LogP contribution >= 0.6 is 23.4 Å². The van der Waals surface area contributed by atoms with Gasteiger partial charge >= 0.3 is 0 Å². The maximum atomic E-state index is 13.1. The molecule has 5 nitrogen and oxygen atoms in total. The summed E-state index contributed by atoms with van der Waals surface area (Å²) >= 11 is 7.69. The number of halogens is 1. The fourth-order valence-electron chi connectivity index (χ4n) is 3.30. The highest BCUT2D eigenvalue weighted by atomic mass is 35.5. The Bertz CT molecular complexity index is 1230. The number of benzene rings is 2. The second-order valence-corrected chi connectivity index (χ2v) is 8.75. The quantitative estimate of drug-likeness (QED) is 0.435. The van der Waals surface area contributed by atoms with E-state index in [0.29, 0.717) is 23.6 Å². The van der Waals surface area contributed by atoms with E-state index in [1.165, 1.54) is 0 Å². The van der Waals surface area contributed by atoms with Gasteiger partial charge in [0.1, 0.15) is 0 Å². The highest BCUT2D eigenvalue weighted by Crippen LogP contribution is 2.26. The molecule has 0 fully saturated rings. The smallest absolute Gasteiger partial charge is 0.262 e. The molecule has 7 heteroatoms. The fourth-order valence-corrected chi connectivity index (χ4v) is 4.39. The van der Waals surface area contributed by atoms with Gasteiger partial charge in [0, 0.05) is 17.3 Å². The van der Waals surface area contributed by atoms with Gasteiger partial charge in [-0.2, -0.15) is 0 Å². The maximum absolute atomic E-state index is 13.1. The average molecular weight is 413 g/mol. The van der Waals surface area contributed by atoms with Gasteiger partial charge in [-0.3, -0.25) is 13.8 Å². The van der Waals surface area contributed by atoms with Gasteiger partial charge in [-0.15, -0.1) is 10.2 Å². The number of fused-ring (bicyclic) bond motifs is 3. The Morgan fingerprint density at radius 1 is 1.14 bits per heavy atom. The summed E-state index contributed by atoms with van der Waals surface area (Å²) in [6.07, 6.45) is 0. The Hall–Kier alpha value is -2.31. The zero-order valence-electron chi connectivity index (χ0n) is 16.0. The second kappa shape index (κ2) is 7.60. The molecule has 0 saturated heterocycles. The fraction of sp³-hybridized carbons (Fsp3) is 0.286. The van der Waals surface area contributed by atoms with Crippen molar-refractivity contribution in [3.63, 3.8) is 0 Å². The minimum absolute atomic E-state index is 0.0151. The molecule has 0 atom stereocenters. The molecule has 28 heavy (non-hydrogen) atoms. The molecule has 0 aliphatic carbocycles. The van der Waals surface area contributed by atoms with Gasteiger partial charge in [0.15, 0.2) is 5.16 Å². The molecular formula is C21H21ClN4OS. The summed E-state index contributed by atoms with van der Waals surface area (Å²) in [6, 6.07) is 13.7. The van der Waals surface area contributed by atoms with Crippen molar-refractivity contribution in [2.24, 2.45) is 5.92 Å². The van der Waals surface area contributed by atoms with Crippen LogP contribution in [0.5, 0.6) is 0 Å². The maximum Gasteiger partial charge on any atom is 0.262 e. The molecule has 0 unspecified atom stereocenters. The third-order valence-corrected chi connectivity index (χ3v) is 5.77. The van der Waals surface area contributed by atoms with Crippen LogP contribution in [0.4, 0.5) is 0 Å². The van der Waals surface area contributed by atoms with Crippen molar-refractivity contribution in [2.45, 2.75) is 38.2 Å². The van der Waals surface area contributed by atoms with Crippen LogP contribution < -0.4 is 5.56 Å². The van der Waals surface area contributed by atoms with Crippen molar-refractivity contribution < 1.29 is 0 Å². The van der Waals surface area contributed by atoms with Crippen LogP contribution in [-0.4, -0.2) is 19.2 Å². The van der Waals surface area contributed by atoms with E-state index < -0.39 is 0 Å². The first-order chi connectivity index (χ1) is 13.4. The Morgan fingerprint density at radius 2 is 1.96 bits per heavy atom. The zero-order chi connectivity index (χ0) is 19.8. The SMILES string of the molecule is Cc1ccc2c(c1)c(=O)n(CC(C)C)c1nnc(SCc3cccc(Cl)c3)n21. The molecule has 0 aliphatic rings. The van der Waals surface area contributed by atoms with Gasteiger partial charge in [0.25, 0.3) is 5.56 Å². The first kappa shape index (κ1) is 19.0. The summed E-state index contributed by atoms with van der Waals surface area (Å²) in [6.45, 7) is 6.78. The summed E-state index contributed by atoms with van der Waals surface area (Å²) in [7, 11) is 0. The van der Waals surface area contributed by atoms with Crippen LogP contribution in [0, 0.1) is 12.8 Å². The summed E-state index contributed by atoms with van der Waals surface area (Å²) in [4.78, 5) is 13.1. The molecule has 0 N–H and O–H groups in total. The molecule has 2 aromatic heterocycles. The van der Waals surface area contributed by atoms with E-state index >= 15 is 0 Å². The predicted molar refractivity (Wildman–Crippen MR) is 115 cm³/mol. The Kier molecular flexibility index (Phi) is 5.17. The molecule has 2 aromatic carbocycles. The molecule has 0 spiro atoms. The van der Waals surface area contributed by atoms with Crippen molar-refractivity contribution in [1.82, 2.24) is 19.2 Å². The van der Waals surface area contributed by atoms with Crippen LogP contribution in [0.1, 0.15) is 25.0 Å². The zero-order valence-corrected chi connectivity index (χ0v) is 17.6. The summed E-state index contributed by atoms with van der Waals surface area (Å²) in [5.74, 6) is 1.63. The van der Waals surface area contributed by atoms with Crippen molar-refractivity contribution in [2.75, 3.05) is 0 Å². The standard InChI is InChI=1S/C21H21ClN4OS/c1-13(2)11-25-19(27)17-9-14(3)7-8-18(17)26-20(25)23-24-21(26)28-12-15-5-4-6-16(22)10-15/h4-10,13H,11-12H2,1-3H3. The van der Waals surface area contributed by atoms with Gasteiger partial charge in [-0.1, -0.05) is 61.0 Å². The van der Waals surface area contributed by atoms with Gasteiger partial charge in [-0.25, -0.2) is 0 Å². The third-order valence-electron chi connectivity index (χ3n) is 4.53. The van der Waals surface area contributed by atoms with E-state index in [9.17, 15) is 4.79 Å². The van der Waals surface area contributed by atoms with E-state index in [4.69, 9.17) is 11.6 Å². The second-order valence-electron chi connectivity index (χ2n) is 7.37. The van der Waals surface area contributed by atoms with Crippen LogP contribution in [-0.2, 0) is 12.3 Å². The number of thioether (sulfide) groups is 1. The summed E-state index contributed by atoms with van der Waals surface area (Å²) in [5, 5.41) is 10.9. The van der Waals surface area contributed by atoms with E-state index in [1.54, 1.807) is 16.3 Å². The van der Waals surface area contributed by atoms with Gasteiger partial charge in [-0.05, 0) is 42.7 Å². The summed E-state index contributed by atoms with van der Waals surface area (Å²) < 4.78 is 3.73. The minimum Gasteiger partial charge on any atom is -0.276 e. The van der Waals surface area contributed by atoms with Gasteiger partial charge < -0.3 is 0 Å². The van der Waals surface area contributed by atoms with Crippen LogP contribution in [0.3, 0.4) is 0 Å². The predicted octanol–water partition coefficient (Wildman–Crippen LogP) is 4.95. The minimum atomic E-state index is -0.0151. The molecule has 0 amide bonds. The molecule has 0 bridgehead atoms. The van der Waals surface area contributed by atoms with Crippen molar-refractivity contribution >= 4 is 40.0 Å². The Balaban J connectivity index is 1.87. The van der Waals surface area contributed by atoms with Crippen LogP contribution in [0.2, 0.25) is 5.02 Å². The number of aromatic nitrogens is 4. The average Bonchev–Trinajstić information content (AvgIpc) is 3.07. The highest BCUT2D eigenvalue weighted by molar-refractivity contribution is 7.98. The number of hydrogen-bond donors (Lipinski definition) is 0. The number of aryl methyl sites for hydroxylation is 1. The molecule has 0 saturated carbocycles. The number of hydrogen-bond acceptors (Lipinski definition) is 4. The molecule has 144 valence electrons. The lowest BCUT2D eigenvalue weighted by molar-refractivity contribution is 0.517. The van der Waals surface area contributed by atoms with Crippen molar-refractivity contribution in [3.8, 4) is 0 Å². The normalized spacial score (nSPS) is 11.8. The largest absolute Gasteiger partial charge is 0.276 e. The van der Waals surface area contributed by atoms with E-state index in [2.05, 4.69) is 24.0 Å². The van der Waals surface area contributed by atoms with E-state index in [-0.39, 0.29) is 5.56 Å². The first-order valence-electron chi connectivity index (χ1n) is 9.19. The van der Waals surface area contributed by atoms with E-state index in [0.717, 1.165) is 32.6 Å². The lowest BCUT2D eigenvalue weighted by Crippen LogP contribution is -2.25. The molecule has 0 radical (unpaired) electrons. The first-order valence-corrected chi connectivity index (χ1v) is 10.6. The van der Waals surface area contributed by atoms with Crippen molar-refractivity contribution in [3.05, 3.63) is 69.0 Å². The van der Waals surface area contributed by atoms with Gasteiger partial charge in [0.05, 0.1) is 10.9 Å². The topological polar surface area (TPSA) is 52.2 Å². The number of rotatable bonds is 5. The molecule has 2 heterocycles. The molecule has 4 aromatic rings. The molecule has 4 rings (SSSR count). The van der Waals surface area contributed by atoms with Crippen LogP contribution in [0.25, 0.3) is 16.7 Å². The molecule has 0 aliphatic heterocycles. The molecular weight excluding hydrogens is 392 g/mol.